The van der Waals surface area contributed by atoms with E-state index in [-0.39, 0.29) is 11.7 Å². The number of amides is 1. The van der Waals surface area contributed by atoms with E-state index in [1.54, 1.807) is 24.5 Å². The van der Waals surface area contributed by atoms with Gasteiger partial charge >= 0.3 is 0 Å². The largest absolute Gasteiger partial charge is 0.352 e. The van der Waals surface area contributed by atoms with Crippen molar-refractivity contribution < 1.29 is 9.18 Å². The van der Waals surface area contributed by atoms with E-state index in [4.69, 9.17) is 0 Å². The van der Waals surface area contributed by atoms with E-state index in [0.29, 0.717) is 18.0 Å². The fourth-order valence-electron chi connectivity index (χ4n) is 3.83. The van der Waals surface area contributed by atoms with Gasteiger partial charge in [-0.15, -0.1) is 0 Å². The number of fused-ring (bicyclic) bond motifs is 1. The lowest BCUT2D eigenvalue weighted by Gasteiger charge is -2.19. The van der Waals surface area contributed by atoms with E-state index in [2.05, 4.69) is 28.7 Å². The normalized spacial score (nSPS) is 13.6. The molecule has 0 bridgehead atoms. The highest BCUT2D eigenvalue weighted by atomic mass is 19.1. The van der Waals surface area contributed by atoms with Crippen molar-refractivity contribution in [1.82, 2.24) is 14.9 Å². The van der Waals surface area contributed by atoms with Crippen molar-refractivity contribution in [3.8, 4) is 22.4 Å². The first-order valence-electron chi connectivity index (χ1n) is 9.26. The van der Waals surface area contributed by atoms with Crippen LogP contribution in [0.3, 0.4) is 0 Å². The number of halogens is 1. The molecule has 3 heterocycles. The zero-order valence-electron chi connectivity index (χ0n) is 15.5. The van der Waals surface area contributed by atoms with E-state index in [1.165, 1.54) is 12.1 Å². The highest BCUT2D eigenvalue weighted by molar-refractivity contribution is 6.07. The summed E-state index contributed by atoms with van der Waals surface area (Å²) in [4.78, 5) is 17.0. The van der Waals surface area contributed by atoms with Crippen LogP contribution >= 0.6 is 0 Å². The minimum Gasteiger partial charge on any atom is -0.352 e. The number of carbonyl (C=O) groups excluding carboxylic acids is 1. The van der Waals surface area contributed by atoms with Gasteiger partial charge in [-0.1, -0.05) is 26.0 Å². The molecule has 5 heteroatoms. The van der Waals surface area contributed by atoms with Crippen LogP contribution in [0, 0.1) is 11.7 Å². The molecule has 0 spiro atoms. The van der Waals surface area contributed by atoms with Gasteiger partial charge in [0.15, 0.2) is 0 Å². The molecule has 27 heavy (non-hydrogen) atoms. The van der Waals surface area contributed by atoms with Gasteiger partial charge in [0.05, 0.1) is 11.3 Å². The molecule has 1 amide bonds. The van der Waals surface area contributed by atoms with Crippen molar-refractivity contribution in [2.24, 2.45) is 5.92 Å². The zero-order chi connectivity index (χ0) is 19.0. The molecule has 4 nitrogen and oxygen atoms in total. The molecule has 138 valence electrons. The molecule has 0 radical (unpaired) electrons. The smallest absolute Gasteiger partial charge is 0.253 e. The molecule has 1 aliphatic rings. The van der Waals surface area contributed by atoms with Gasteiger partial charge in [-0.25, -0.2) is 4.39 Å². The van der Waals surface area contributed by atoms with Gasteiger partial charge in [-0.3, -0.25) is 9.78 Å². The second-order valence-electron chi connectivity index (χ2n) is 7.30. The molecule has 2 aromatic heterocycles. The van der Waals surface area contributed by atoms with Crippen molar-refractivity contribution in [3.63, 3.8) is 0 Å². The molecule has 0 saturated heterocycles. The van der Waals surface area contributed by atoms with E-state index in [1.807, 2.05) is 12.1 Å². The third kappa shape index (κ3) is 3.14. The Balaban J connectivity index is 2.07. The molecule has 1 aliphatic heterocycles. The Labute approximate surface area is 158 Å². The van der Waals surface area contributed by atoms with Gasteiger partial charge in [0, 0.05) is 48.7 Å². The number of hydrogen-bond donors (Lipinski definition) is 1. The average molecular weight is 363 g/mol. The Kier molecular flexibility index (Phi) is 4.52. The molecule has 1 N–H and O–H groups in total. The van der Waals surface area contributed by atoms with Crippen LogP contribution in [0.4, 0.5) is 4.39 Å². The quantitative estimate of drug-likeness (QED) is 0.751. The Bertz CT molecular complexity index is 975. The predicted molar refractivity (Wildman–Crippen MR) is 104 cm³/mol. The maximum absolute atomic E-state index is 13.5. The molecule has 0 atom stereocenters. The maximum Gasteiger partial charge on any atom is 0.253 e. The Hall–Kier alpha value is -2.95. The van der Waals surface area contributed by atoms with Gasteiger partial charge in [-0.2, -0.15) is 0 Å². The first kappa shape index (κ1) is 17.5. The lowest BCUT2D eigenvalue weighted by atomic mass is 9.95. The predicted octanol–water partition coefficient (Wildman–Crippen LogP) is 4.30. The summed E-state index contributed by atoms with van der Waals surface area (Å²) in [5.74, 6) is 0.0747. The van der Waals surface area contributed by atoms with E-state index in [9.17, 15) is 9.18 Å². The third-order valence-electron chi connectivity index (χ3n) is 4.88. The first-order chi connectivity index (χ1) is 13.1. The lowest BCUT2D eigenvalue weighted by molar-refractivity contribution is 0.0945. The number of aromatic nitrogens is 2. The number of benzene rings is 1. The van der Waals surface area contributed by atoms with Gasteiger partial charge in [0.25, 0.3) is 5.91 Å². The second-order valence-corrected chi connectivity index (χ2v) is 7.30. The summed E-state index contributed by atoms with van der Waals surface area (Å²) in [6.45, 7) is 5.79. The monoisotopic (exact) mass is 363 g/mol. The number of nitrogens with zero attached hydrogens (tertiary/aromatic N) is 2. The maximum atomic E-state index is 13.5. The summed E-state index contributed by atoms with van der Waals surface area (Å²) in [6, 6.07) is 10.3. The number of rotatable bonds is 4. The van der Waals surface area contributed by atoms with E-state index in [0.717, 1.165) is 41.0 Å². The summed E-state index contributed by atoms with van der Waals surface area (Å²) in [7, 11) is 0. The molecule has 0 aliphatic carbocycles. The number of hydrogen-bond acceptors (Lipinski definition) is 2. The highest BCUT2D eigenvalue weighted by Gasteiger charge is 2.31. The fourth-order valence-corrected chi connectivity index (χ4v) is 3.83. The number of nitrogens with one attached hydrogen (secondary N) is 1. The Morgan fingerprint density at radius 3 is 2.44 bits per heavy atom. The topological polar surface area (TPSA) is 46.9 Å². The molecule has 0 unspecified atom stereocenters. The van der Waals surface area contributed by atoms with Crippen LogP contribution in [0.1, 0.15) is 29.9 Å². The van der Waals surface area contributed by atoms with Crippen LogP contribution in [-0.2, 0) is 13.0 Å². The van der Waals surface area contributed by atoms with Crippen molar-refractivity contribution in [3.05, 3.63) is 65.9 Å². The van der Waals surface area contributed by atoms with Crippen LogP contribution in [0.25, 0.3) is 22.4 Å². The molecular weight excluding hydrogens is 341 g/mol. The van der Waals surface area contributed by atoms with Crippen molar-refractivity contribution in [2.75, 3.05) is 6.54 Å². The van der Waals surface area contributed by atoms with Crippen LogP contribution in [0.5, 0.6) is 0 Å². The SMILES string of the molecule is CC(C)Cn1c2c(c(-c3ccc(F)cc3)c1-c1ccncc1)C(=O)NCC2. The van der Waals surface area contributed by atoms with Crippen LogP contribution in [0.2, 0.25) is 0 Å². The molecule has 0 fully saturated rings. The second kappa shape index (κ2) is 6.99. The highest BCUT2D eigenvalue weighted by Crippen LogP contribution is 2.41. The van der Waals surface area contributed by atoms with Gasteiger partial charge in [-0.05, 0) is 35.7 Å². The van der Waals surface area contributed by atoms with Gasteiger partial charge in [0.1, 0.15) is 5.82 Å². The Morgan fingerprint density at radius 2 is 1.78 bits per heavy atom. The first-order valence-corrected chi connectivity index (χ1v) is 9.26. The van der Waals surface area contributed by atoms with E-state index < -0.39 is 0 Å². The molecule has 0 saturated carbocycles. The summed E-state index contributed by atoms with van der Waals surface area (Å²) in [6.07, 6.45) is 4.30. The summed E-state index contributed by atoms with van der Waals surface area (Å²) in [5.41, 5.74) is 5.49. The van der Waals surface area contributed by atoms with Crippen molar-refractivity contribution in [2.45, 2.75) is 26.8 Å². The average Bonchev–Trinajstić information content (AvgIpc) is 2.98. The van der Waals surface area contributed by atoms with Crippen LogP contribution in [0.15, 0.2) is 48.8 Å². The summed E-state index contributed by atoms with van der Waals surface area (Å²) >= 11 is 0. The number of pyridine rings is 1. The Morgan fingerprint density at radius 1 is 1.07 bits per heavy atom. The van der Waals surface area contributed by atoms with Crippen molar-refractivity contribution >= 4 is 5.91 Å². The zero-order valence-corrected chi connectivity index (χ0v) is 15.5. The standard InChI is InChI=1S/C22H22FN3O/c1-14(2)13-26-18-9-12-25-22(27)20(18)19(15-3-5-17(23)6-4-15)21(26)16-7-10-24-11-8-16/h3-8,10-11,14H,9,12-13H2,1-2H3,(H,25,27). The van der Waals surface area contributed by atoms with Gasteiger partial charge < -0.3 is 9.88 Å². The van der Waals surface area contributed by atoms with Crippen LogP contribution in [-0.4, -0.2) is 22.0 Å². The van der Waals surface area contributed by atoms with Crippen LogP contribution < -0.4 is 5.32 Å². The molecular formula is C22H22FN3O. The fraction of sp³-hybridized carbons (Fsp3) is 0.273. The summed E-state index contributed by atoms with van der Waals surface area (Å²) in [5, 5.41) is 2.97. The van der Waals surface area contributed by atoms with E-state index >= 15 is 0 Å². The summed E-state index contributed by atoms with van der Waals surface area (Å²) < 4.78 is 15.8. The van der Waals surface area contributed by atoms with Crippen molar-refractivity contribution in [1.29, 1.82) is 0 Å². The van der Waals surface area contributed by atoms with Gasteiger partial charge in [0.2, 0.25) is 0 Å². The molecule has 4 rings (SSSR count). The number of carbonyl (C=O) groups is 1. The minimum atomic E-state index is -0.288. The molecule has 3 aromatic rings. The minimum absolute atomic E-state index is 0.0617. The molecule has 1 aromatic carbocycles. The lowest BCUT2D eigenvalue weighted by Crippen LogP contribution is -2.32. The third-order valence-corrected chi connectivity index (χ3v) is 4.88.